The number of esters is 1. The number of nitrogens with one attached hydrogen (secondary N) is 1. The van der Waals surface area contributed by atoms with Crippen LogP contribution >= 0.6 is 0 Å². The highest BCUT2D eigenvalue weighted by Gasteiger charge is 2.40. The lowest BCUT2D eigenvalue weighted by Crippen LogP contribution is -2.29. The molecule has 0 aromatic heterocycles. The summed E-state index contributed by atoms with van der Waals surface area (Å²) < 4.78 is 32.2. The van der Waals surface area contributed by atoms with Gasteiger partial charge in [0.1, 0.15) is 0 Å². The number of ether oxygens (including phenoxy) is 1. The summed E-state index contributed by atoms with van der Waals surface area (Å²) in [5, 5.41) is 0. The Balaban J connectivity index is 2.27. The first-order valence-corrected chi connectivity index (χ1v) is 8.37. The van der Waals surface area contributed by atoms with Gasteiger partial charge < -0.3 is 10.5 Å². The lowest BCUT2D eigenvalue weighted by Gasteiger charge is -2.11. The van der Waals surface area contributed by atoms with Crippen LogP contribution in [0.4, 0.5) is 5.69 Å². The SMILES string of the molecule is CCCC1CC1NS(=O)(=O)c1cc(N)ccc1C(=O)OC. The Hall–Kier alpha value is -1.60. The van der Waals surface area contributed by atoms with Crippen LogP contribution < -0.4 is 10.5 Å². The monoisotopic (exact) mass is 312 g/mol. The van der Waals surface area contributed by atoms with Gasteiger partial charge in [0.05, 0.1) is 17.6 Å². The number of carbonyl (C=O) groups is 1. The van der Waals surface area contributed by atoms with E-state index in [1.807, 2.05) is 0 Å². The van der Waals surface area contributed by atoms with E-state index in [-0.39, 0.29) is 22.2 Å². The Morgan fingerprint density at radius 1 is 1.48 bits per heavy atom. The number of carbonyl (C=O) groups excluding carboxylic acids is 1. The summed E-state index contributed by atoms with van der Waals surface area (Å²) in [7, 11) is -2.58. The van der Waals surface area contributed by atoms with Crippen LogP contribution in [0.2, 0.25) is 0 Å². The maximum Gasteiger partial charge on any atom is 0.339 e. The lowest BCUT2D eigenvalue weighted by atomic mass is 10.2. The molecular formula is C14H20N2O4S. The predicted molar refractivity (Wildman–Crippen MR) is 79.3 cm³/mol. The third kappa shape index (κ3) is 3.54. The standard InChI is InChI=1S/C14H20N2O4S/c1-3-4-9-7-12(9)16-21(18,19)13-8-10(15)5-6-11(13)14(17)20-2/h5-6,8-9,12,16H,3-4,7,15H2,1-2H3. The third-order valence-corrected chi connectivity index (χ3v) is 5.12. The normalized spacial score (nSPS) is 21.0. The number of nitrogens with two attached hydrogens (primary N) is 1. The first-order chi connectivity index (χ1) is 9.89. The van der Waals surface area contributed by atoms with Crippen molar-refractivity contribution >= 4 is 21.7 Å². The molecule has 0 saturated heterocycles. The van der Waals surface area contributed by atoms with Crippen LogP contribution in [0.5, 0.6) is 0 Å². The molecule has 0 aliphatic heterocycles. The number of benzene rings is 1. The van der Waals surface area contributed by atoms with E-state index in [1.165, 1.54) is 25.3 Å². The second kappa shape index (κ2) is 6.03. The Morgan fingerprint density at radius 3 is 2.81 bits per heavy atom. The van der Waals surface area contributed by atoms with Gasteiger partial charge in [-0.25, -0.2) is 17.9 Å². The number of sulfonamides is 1. The largest absolute Gasteiger partial charge is 0.465 e. The molecular weight excluding hydrogens is 292 g/mol. The highest BCUT2D eigenvalue weighted by atomic mass is 32.2. The highest BCUT2D eigenvalue weighted by Crippen LogP contribution is 2.36. The minimum atomic E-state index is -3.79. The zero-order chi connectivity index (χ0) is 15.6. The molecule has 1 saturated carbocycles. The summed E-state index contributed by atoms with van der Waals surface area (Å²) >= 11 is 0. The van der Waals surface area contributed by atoms with Gasteiger partial charge in [0.15, 0.2) is 0 Å². The van der Waals surface area contributed by atoms with E-state index in [2.05, 4.69) is 16.4 Å². The average Bonchev–Trinajstić information content (AvgIpc) is 3.15. The van der Waals surface area contributed by atoms with E-state index in [9.17, 15) is 13.2 Å². The molecule has 1 aromatic carbocycles. The van der Waals surface area contributed by atoms with E-state index in [0.717, 1.165) is 19.3 Å². The summed E-state index contributed by atoms with van der Waals surface area (Å²) in [4.78, 5) is 11.6. The topological polar surface area (TPSA) is 98.5 Å². The maximum atomic E-state index is 12.5. The van der Waals surface area contributed by atoms with E-state index in [0.29, 0.717) is 5.92 Å². The Labute approximate surface area is 124 Å². The Kier molecular flexibility index (Phi) is 4.53. The number of hydrogen-bond donors (Lipinski definition) is 2. The van der Waals surface area contributed by atoms with Gasteiger partial charge in [-0.3, -0.25) is 0 Å². The van der Waals surface area contributed by atoms with Crippen molar-refractivity contribution in [1.82, 2.24) is 4.72 Å². The second-order valence-electron chi connectivity index (χ2n) is 5.26. The molecule has 0 bridgehead atoms. The van der Waals surface area contributed by atoms with Gasteiger partial charge in [-0.2, -0.15) is 0 Å². The van der Waals surface area contributed by atoms with Crippen LogP contribution in [0.25, 0.3) is 0 Å². The van der Waals surface area contributed by atoms with Gasteiger partial charge in [0, 0.05) is 11.7 Å². The fourth-order valence-corrected chi connectivity index (χ4v) is 3.93. The second-order valence-corrected chi connectivity index (χ2v) is 6.94. The number of nitrogen functional groups attached to an aromatic ring is 1. The number of anilines is 1. The maximum absolute atomic E-state index is 12.5. The van der Waals surface area contributed by atoms with Crippen molar-refractivity contribution < 1.29 is 17.9 Å². The number of rotatable bonds is 6. The molecule has 1 aliphatic carbocycles. The van der Waals surface area contributed by atoms with Crippen LogP contribution in [0, 0.1) is 5.92 Å². The Morgan fingerprint density at radius 2 is 2.19 bits per heavy atom. The Bertz CT molecular complexity index is 642. The summed E-state index contributed by atoms with van der Waals surface area (Å²) in [5.41, 5.74) is 5.92. The molecule has 0 amide bonds. The van der Waals surface area contributed by atoms with Crippen LogP contribution in [0.1, 0.15) is 36.5 Å². The van der Waals surface area contributed by atoms with Crippen LogP contribution in [0.15, 0.2) is 23.1 Å². The zero-order valence-corrected chi connectivity index (χ0v) is 12.9. The molecule has 0 radical (unpaired) electrons. The van der Waals surface area contributed by atoms with E-state index >= 15 is 0 Å². The smallest absolute Gasteiger partial charge is 0.339 e. The van der Waals surface area contributed by atoms with Crippen molar-refractivity contribution in [2.75, 3.05) is 12.8 Å². The summed E-state index contributed by atoms with van der Waals surface area (Å²) in [6.45, 7) is 2.07. The molecule has 1 aliphatic rings. The van der Waals surface area contributed by atoms with Crippen LogP contribution in [-0.4, -0.2) is 27.5 Å². The number of hydrogen-bond acceptors (Lipinski definition) is 5. The first-order valence-electron chi connectivity index (χ1n) is 6.89. The molecule has 0 spiro atoms. The summed E-state index contributed by atoms with van der Waals surface area (Å²) in [6, 6.07) is 4.07. The molecule has 1 aromatic rings. The lowest BCUT2D eigenvalue weighted by molar-refractivity contribution is 0.0596. The fraction of sp³-hybridized carbons (Fsp3) is 0.500. The molecule has 1 fully saturated rings. The quantitative estimate of drug-likeness (QED) is 0.613. The van der Waals surface area contributed by atoms with Gasteiger partial charge in [0.2, 0.25) is 10.0 Å². The van der Waals surface area contributed by atoms with Crippen molar-refractivity contribution in [3.8, 4) is 0 Å². The van der Waals surface area contributed by atoms with E-state index < -0.39 is 16.0 Å². The van der Waals surface area contributed by atoms with Gasteiger partial charge in [-0.05, 0) is 37.0 Å². The van der Waals surface area contributed by atoms with Crippen LogP contribution in [0.3, 0.4) is 0 Å². The molecule has 0 heterocycles. The van der Waals surface area contributed by atoms with Crippen LogP contribution in [-0.2, 0) is 14.8 Å². The molecule has 6 nitrogen and oxygen atoms in total. The summed E-state index contributed by atoms with van der Waals surface area (Å²) in [5.74, 6) is -0.316. The molecule has 2 rings (SSSR count). The van der Waals surface area contributed by atoms with E-state index in [4.69, 9.17) is 5.73 Å². The zero-order valence-electron chi connectivity index (χ0n) is 12.1. The van der Waals surface area contributed by atoms with Crippen molar-refractivity contribution in [3.63, 3.8) is 0 Å². The average molecular weight is 312 g/mol. The third-order valence-electron chi connectivity index (χ3n) is 3.59. The van der Waals surface area contributed by atoms with Gasteiger partial charge >= 0.3 is 5.97 Å². The predicted octanol–water partition coefficient (Wildman–Crippen LogP) is 1.52. The van der Waals surface area contributed by atoms with Crippen molar-refractivity contribution in [1.29, 1.82) is 0 Å². The fourth-order valence-electron chi connectivity index (χ4n) is 2.38. The minimum Gasteiger partial charge on any atom is -0.465 e. The van der Waals surface area contributed by atoms with Crippen molar-refractivity contribution in [2.45, 2.75) is 37.1 Å². The highest BCUT2D eigenvalue weighted by molar-refractivity contribution is 7.89. The molecule has 2 atom stereocenters. The molecule has 116 valence electrons. The minimum absolute atomic E-state index is 0.00751. The van der Waals surface area contributed by atoms with Crippen molar-refractivity contribution in [2.24, 2.45) is 5.92 Å². The molecule has 7 heteroatoms. The molecule has 21 heavy (non-hydrogen) atoms. The summed E-state index contributed by atoms with van der Waals surface area (Å²) in [6.07, 6.45) is 2.85. The molecule has 3 N–H and O–H groups in total. The molecule has 2 unspecified atom stereocenters. The van der Waals surface area contributed by atoms with Gasteiger partial charge in [-0.15, -0.1) is 0 Å². The first kappa shape index (κ1) is 15.8. The number of methoxy groups -OCH3 is 1. The van der Waals surface area contributed by atoms with Crippen molar-refractivity contribution in [3.05, 3.63) is 23.8 Å². The van der Waals surface area contributed by atoms with Gasteiger partial charge in [-0.1, -0.05) is 13.3 Å². The van der Waals surface area contributed by atoms with Gasteiger partial charge in [0.25, 0.3) is 0 Å². The van der Waals surface area contributed by atoms with E-state index in [1.54, 1.807) is 0 Å².